The van der Waals surface area contributed by atoms with E-state index in [2.05, 4.69) is 12.1 Å². The standard InChI is InChI=1S/C17H14N2O/c1-20-17-5-3-2-4-16(17)15(12-19)10-13-6-8-14(11-18)9-7-13/h2-9,15H,10H2,1H3. The molecule has 3 nitrogen and oxygen atoms in total. The fourth-order valence-corrected chi connectivity index (χ4v) is 2.13. The van der Waals surface area contributed by atoms with E-state index < -0.39 is 0 Å². The Hall–Kier alpha value is -2.78. The van der Waals surface area contributed by atoms with Crippen molar-refractivity contribution in [2.45, 2.75) is 12.3 Å². The van der Waals surface area contributed by atoms with Gasteiger partial charge in [-0.05, 0) is 30.2 Å². The normalized spacial score (nSPS) is 11.2. The minimum atomic E-state index is -0.265. The molecule has 0 saturated carbocycles. The zero-order valence-electron chi connectivity index (χ0n) is 11.2. The first-order chi connectivity index (χ1) is 9.78. The van der Waals surface area contributed by atoms with Crippen molar-refractivity contribution in [2.75, 3.05) is 7.11 Å². The van der Waals surface area contributed by atoms with Crippen molar-refractivity contribution in [1.29, 1.82) is 10.5 Å². The third-order valence-corrected chi connectivity index (χ3v) is 3.19. The third-order valence-electron chi connectivity index (χ3n) is 3.19. The van der Waals surface area contributed by atoms with E-state index in [1.807, 2.05) is 36.4 Å². The van der Waals surface area contributed by atoms with Gasteiger partial charge in [-0.1, -0.05) is 30.3 Å². The molecular formula is C17H14N2O. The Kier molecular flexibility index (Phi) is 4.37. The summed E-state index contributed by atoms with van der Waals surface area (Å²) in [5, 5.41) is 18.2. The Morgan fingerprint density at radius 3 is 2.35 bits per heavy atom. The second-order valence-electron chi connectivity index (χ2n) is 4.44. The van der Waals surface area contributed by atoms with Crippen molar-refractivity contribution in [3.05, 3.63) is 65.2 Å². The van der Waals surface area contributed by atoms with Gasteiger partial charge in [-0.2, -0.15) is 10.5 Å². The van der Waals surface area contributed by atoms with Gasteiger partial charge in [-0.3, -0.25) is 0 Å². The molecular weight excluding hydrogens is 248 g/mol. The highest BCUT2D eigenvalue weighted by atomic mass is 16.5. The number of rotatable bonds is 4. The van der Waals surface area contributed by atoms with E-state index >= 15 is 0 Å². The van der Waals surface area contributed by atoms with Crippen LogP contribution in [0.15, 0.2) is 48.5 Å². The van der Waals surface area contributed by atoms with Crippen molar-refractivity contribution < 1.29 is 4.74 Å². The summed E-state index contributed by atoms with van der Waals surface area (Å²) in [6, 6.07) is 19.3. The maximum Gasteiger partial charge on any atom is 0.123 e. The van der Waals surface area contributed by atoms with Gasteiger partial charge < -0.3 is 4.74 Å². The summed E-state index contributed by atoms with van der Waals surface area (Å²) in [7, 11) is 1.61. The van der Waals surface area contributed by atoms with Crippen LogP contribution < -0.4 is 4.74 Å². The van der Waals surface area contributed by atoms with Crippen molar-refractivity contribution >= 4 is 0 Å². The van der Waals surface area contributed by atoms with Gasteiger partial charge in [0.2, 0.25) is 0 Å². The number of benzene rings is 2. The van der Waals surface area contributed by atoms with E-state index in [1.165, 1.54) is 0 Å². The number of para-hydroxylation sites is 1. The maximum atomic E-state index is 9.40. The molecule has 0 aliphatic rings. The van der Waals surface area contributed by atoms with Crippen LogP contribution in [0, 0.1) is 22.7 Å². The molecule has 0 aliphatic carbocycles. The number of nitrogens with zero attached hydrogens (tertiary/aromatic N) is 2. The van der Waals surface area contributed by atoms with E-state index in [-0.39, 0.29) is 5.92 Å². The first-order valence-corrected chi connectivity index (χ1v) is 6.30. The molecule has 0 bridgehead atoms. The molecule has 98 valence electrons. The highest BCUT2D eigenvalue weighted by molar-refractivity contribution is 5.41. The highest BCUT2D eigenvalue weighted by Gasteiger charge is 2.15. The summed E-state index contributed by atoms with van der Waals surface area (Å²) in [6.45, 7) is 0. The van der Waals surface area contributed by atoms with Gasteiger partial charge in [0.15, 0.2) is 0 Å². The molecule has 0 aromatic heterocycles. The van der Waals surface area contributed by atoms with Gasteiger partial charge in [-0.25, -0.2) is 0 Å². The maximum absolute atomic E-state index is 9.40. The number of nitriles is 2. The lowest BCUT2D eigenvalue weighted by molar-refractivity contribution is 0.408. The number of methoxy groups -OCH3 is 1. The zero-order valence-corrected chi connectivity index (χ0v) is 11.2. The third kappa shape index (κ3) is 2.96. The van der Waals surface area contributed by atoms with Crippen LogP contribution >= 0.6 is 0 Å². The van der Waals surface area contributed by atoms with Gasteiger partial charge in [0.25, 0.3) is 0 Å². The van der Waals surface area contributed by atoms with Crippen molar-refractivity contribution in [1.82, 2.24) is 0 Å². The van der Waals surface area contributed by atoms with E-state index in [1.54, 1.807) is 19.2 Å². The topological polar surface area (TPSA) is 56.8 Å². The number of hydrogen-bond acceptors (Lipinski definition) is 3. The molecule has 2 aromatic carbocycles. The highest BCUT2D eigenvalue weighted by Crippen LogP contribution is 2.28. The summed E-state index contributed by atoms with van der Waals surface area (Å²) in [4.78, 5) is 0. The Morgan fingerprint density at radius 1 is 1.05 bits per heavy atom. The van der Waals surface area contributed by atoms with Crippen LogP contribution in [0.25, 0.3) is 0 Å². The fraction of sp³-hybridized carbons (Fsp3) is 0.176. The van der Waals surface area contributed by atoms with E-state index in [4.69, 9.17) is 10.00 Å². The van der Waals surface area contributed by atoms with Crippen molar-refractivity contribution in [2.24, 2.45) is 0 Å². The van der Waals surface area contributed by atoms with Crippen LogP contribution in [-0.4, -0.2) is 7.11 Å². The minimum absolute atomic E-state index is 0.265. The molecule has 1 atom stereocenters. The van der Waals surface area contributed by atoms with Crippen LogP contribution in [0.3, 0.4) is 0 Å². The predicted molar refractivity (Wildman–Crippen MR) is 76.2 cm³/mol. The van der Waals surface area contributed by atoms with Crippen LogP contribution in [0.1, 0.15) is 22.6 Å². The van der Waals surface area contributed by atoms with Crippen LogP contribution in [0.4, 0.5) is 0 Å². The summed E-state index contributed by atoms with van der Waals surface area (Å²) in [5.41, 5.74) is 2.54. The molecule has 0 heterocycles. The summed E-state index contributed by atoms with van der Waals surface area (Å²) < 4.78 is 5.31. The molecule has 0 amide bonds. The van der Waals surface area contributed by atoms with Gasteiger partial charge in [0, 0.05) is 5.56 Å². The first-order valence-electron chi connectivity index (χ1n) is 6.30. The van der Waals surface area contributed by atoms with Gasteiger partial charge in [0.05, 0.1) is 30.7 Å². The molecule has 0 fully saturated rings. The fourth-order valence-electron chi connectivity index (χ4n) is 2.13. The lowest BCUT2D eigenvalue weighted by atomic mass is 9.92. The first kappa shape index (κ1) is 13.6. The van der Waals surface area contributed by atoms with Crippen LogP contribution in [0.2, 0.25) is 0 Å². The van der Waals surface area contributed by atoms with Crippen molar-refractivity contribution in [3.63, 3.8) is 0 Å². The molecule has 0 radical (unpaired) electrons. The van der Waals surface area contributed by atoms with Gasteiger partial charge >= 0.3 is 0 Å². The van der Waals surface area contributed by atoms with Crippen LogP contribution in [0.5, 0.6) is 5.75 Å². The van der Waals surface area contributed by atoms with Crippen molar-refractivity contribution in [3.8, 4) is 17.9 Å². The quantitative estimate of drug-likeness (QED) is 0.848. The lowest BCUT2D eigenvalue weighted by Crippen LogP contribution is -2.03. The largest absolute Gasteiger partial charge is 0.496 e. The summed E-state index contributed by atoms with van der Waals surface area (Å²) in [5.74, 6) is 0.465. The molecule has 0 N–H and O–H groups in total. The van der Waals surface area contributed by atoms with Gasteiger partial charge in [-0.15, -0.1) is 0 Å². The monoisotopic (exact) mass is 262 g/mol. The molecule has 0 aliphatic heterocycles. The Morgan fingerprint density at radius 2 is 1.75 bits per heavy atom. The minimum Gasteiger partial charge on any atom is -0.496 e. The number of ether oxygens (including phenoxy) is 1. The average Bonchev–Trinajstić information content (AvgIpc) is 2.53. The SMILES string of the molecule is COc1ccccc1C(C#N)Cc1ccc(C#N)cc1. The van der Waals surface area contributed by atoms with Crippen LogP contribution in [-0.2, 0) is 6.42 Å². The molecule has 0 saturated heterocycles. The smallest absolute Gasteiger partial charge is 0.123 e. The van der Waals surface area contributed by atoms with E-state index in [0.29, 0.717) is 12.0 Å². The van der Waals surface area contributed by atoms with E-state index in [9.17, 15) is 5.26 Å². The molecule has 2 aromatic rings. The molecule has 1 unspecified atom stereocenters. The molecule has 2 rings (SSSR count). The Balaban J connectivity index is 2.25. The van der Waals surface area contributed by atoms with E-state index in [0.717, 1.165) is 16.9 Å². The Labute approximate surface area is 118 Å². The molecule has 0 spiro atoms. The average molecular weight is 262 g/mol. The number of hydrogen-bond donors (Lipinski definition) is 0. The lowest BCUT2D eigenvalue weighted by Gasteiger charge is -2.13. The summed E-state index contributed by atoms with van der Waals surface area (Å²) >= 11 is 0. The van der Waals surface area contributed by atoms with Gasteiger partial charge in [0.1, 0.15) is 5.75 Å². The molecule has 20 heavy (non-hydrogen) atoms. The zero-order chi connectivity index (χ0) is 14.4. The Bertz CT molecular complexity index is 663. The molecule has 3 heteroatoms. The summed E-state index contributed by atoms with van der Waals surface area (Å²) in [6.07, 6.45) is 0.600. The second-order valence-corrected chi connectivity index (χ2v) is 4.44. The predicted octanol–water partition coefficient (Wildman–Crippen LogP) is 3.42. The second kappa shape index (κ2) is 6.41.